The molecule has 32 heavy (non-hydrogen) atoms. The van der Waals surface area contributed by atoms with E-state index in [0.717, 1.165) is 63.0 Å². The lowest BCUT2D eigenvalue weighted by atomic mass is 9.87. The maximum Gasteiger partial charge on any atom is 0.253 e. The Bertz CT molecular complexity index is 801. The van der Waals surface area contributed by atoms with Crippen molar-refractivity contribution in [3.05, 3.63) is 70.9 Å². The summed E-state index contributed by atoms with van der Waals surface area (Å²) in [5.74, 6) is 0.109. The summed E-state index contributed by atoms with van der Waals surface area (Å²) >= 11 is 0. The van der Waals surface area contributed by atoms with E-state index in [-0.39, 0.29) is 11.5 Å². The monoisotopic (exact) mass is 438 g/mol. The number of rotatable bonds is 8. The molecule has 1 amide bonds. The van der Waals surface area contributed by atoms with E-state index < -0.39 is 0 Å². The molecule has 2 heterocycles. The molecule has 4 heteroatoms. The van der Waals surface area contributed by atoms with Crippen LogP contribution in [0, 0.1) is 0 Å². The molecule has 1 spiro atoms. The molecule has 0 unspecified atom stereocenters. The summed E-state index contributed by atoms with van der Waals surface area (Å²) in [5, 5.41) is 3.45. The topological polar surface area (TPSA) is 41.6 Å². The molecule has 4 nitrogen and oxygen atoms in total. The van der Waals surface area contributed by atoms with Crippen LogP contribution in [-0.4, -0.2) is 49.2 Å². The summed E-state index contributed by atoms with van der Waals surface area (Å²) in [5.41, 5.74) is 4.26. The number of carbonyl (C=O) groups is 1. The summed E-state index contributed by atoms with van der Waals surface area (Å²) in [4.78, 5) is 15.0. The minimum Gasteiger partial charge on any atom is -0.366 e. The van der Waals surface area contributed by atoms with Gasteiger partial charge >= 0.3 is 0 Å². The minimum absolute atomic E-state index is 0.109. The number of likely N-dealkylation sites (N-methyl/N-ethyl adjacent to an activating group) is 1. The van der Waals surface area contributed by atoms with Gasteiger partial charge in [0.2, 0.25) is 0 Å². The van der Waals surface area contributed by atoms with Crippen molar-refractivity contribution in [3.63, 3.8) is 0 Å². The van der Waals surface area contributed by atoms with Crippen LogP contribution in [-0.2, 0) is 9.53 Å². The van der Waals surface area contributed by atoms with Crippen LogP contribution in [0.15, 0.2) is 70.9 Å². The van der Waals surface area contributed by atoms with Gasteiger partial charge in [0.15, 0.2) is 0 Å². The summed E-state index contributed by atoms with van der Waals surface area (Å²) in [6.07, 6.45) is 20.5. The summed E-state index contributed by atoms with van der Waals surface area (Å²) in [6.45, 7) is 14.3. The predicted octanol–water partition coefficient (Wildman–Crippen LogP) is 5.67. The molecule has 176 valence electrons. The first-order chi connectivity index (χ1) is 15.5. The van der Waals surface area contributed by atoms with Crippen molar-refractivity contribution in [1.29, 1.82) is 0 Å². The number of ether oxygens (including phenoxy) is 1. The third-order valence-electron chi connectivity index (χ3n) is 6.20. The Balaban J connectivity index is 2.40. The first kappa shape index (κ1) is 26.1. The van der Waals surface area contributed by atoms with Crippen molar-refractivity contribution in [2.45, 2.75) is 65.9 Å². The average molecular weight is 439 g/mol. The third kappa shape index (κ3) is 7.46. The first-order valence-electron chi connectivity index (χ1n) is 12.2. The number of piperidine rings is 1. The Morgan fingerprint density at radius 1 is 1.16 bits per heavy atom. The number of allylic oxidation sites excluding steroid dienone is 8. The molecule has 1 N–H and O–H groups in total. The van der Waals surface area contributed by atoms with Gasteiger partial charge in [-0.2, -0.15) is 0 Å². The molecule has 0 aromatic heterocycles. The van der Waals surface area contributed by atoms with E-state index in [1.54, 1.807) is 0 Å². The van der Waals surface area contributed by atoms with Crippen molar-refractivity contribution in [2.75, 3.05) is 32.8 Å². The molecule has 0 saturated carbocycles. The van der Waals surface area contributed by atoms with Gasteiger partial charge in [0.05, 0.1) is 12.2 Å². The van der Waals surface area contributed by atoms with Crippen LogP contribution in [0.4, 0.5) is 0 Å². The predicted molar refractivity (Wildman–Crippen MR) is 136 cm³/mol. The summed E-state index contributed by atoms with van der Waals surface area (Å²) < 4.78 is 6.55. The molecule has 2 aliphatic rings. The second kappa shape index (κ2) is 13.4. The third-order valence-corrected chi connectivity index (χ3v) is 6.20. The number of amides is 1. The van der Waals surface area contributed by atoms with Gasteiger partial charge in [0.25, 0.3) is 5.91 Å². The van der Waals surface area contributed by atoms with Crippen LogP contribution < -0.4 is 5.32 Å². The molecule has 1 saturated heterocycles. The lowest BCUT2D eigenvalue weighted by Gasteiger charge is -2.34. The van der Waals surface area contributed by atoms with Crippen molar-refractivity contribution < 1.29 is 9.53 Å². The van der Waals surface area contributed by atoms with E-state index in [9.17, 15) is 4.79 Å². The van der Waals surface area contributed by atoms with Gasteiger partial charge in [-0.15, -0.1) is 0 Å². The molecule has 0 aliphatic carbocycles. The molecule has 0 aromatic carbocycles. The van der Waals surface area contributed by atoms with E-state index in [2.05, 4.69) is 49.5 Å². The Morgan fingerprint density at radius 3 is 2.50 bits per heavy atom. The second-order valence-electron chi connectivity index (χ2n) is 8.56. The Labute approximate surface area is 195 Å². The van der Waals surface area contributed by atoms with E-state index in [4.69, 9.17) is 4.74 Å². The number of carbonyl (C=O) groups excluding carboxylic acids is 1. The molecular formula is C28H42N2O2. The number of nitrogens with zero attached hydrogens (tertiary/aromatic N) is 1. The molecule has 2 aliphatic heterocycles. The molecule has 0 radical (unpaired) electrons. The second-order valence-corrected chi connectivity index (χ2v) is 8.56. The zero-order valence-electron chi connectivity index (χ0n) is 20.7. The molecule has 2 rings (SSSR count). The fourth-order valence-corrected chi connectivity index (χ4v) is 4.25. The smallest absolute Gasteiger partial charge is 0.253 e. The highest BCUT2D eigenvalue weighted by atomic mass is 16.5. The minimum atomic E-state index is -0.226. The van der Waals surface area contributed by atoms with Crippen LogP contribution in [0.3, 0.4) is 0 Å². The van der Waals surface area contributed by atoms with Crippen molar-refractivity contribution in [3.8, 4) is 0 Å². The number of hydrogen-bond donors (Lipinski definition) is 1. The van der Waals surface area contributed by atoms with Crippen LogP contribution >= 0.6 is 0 Å². The molecule has 0 bridgehead atoms. The van der Waals surface area contributed by atoms with Crippen LogP contribution in [0.1, 0.15) is 60.3 Å². The highest BCUT2D eigenvalue weighted by Crippen LogP contribution is 2.35. The zero-order chi connectivity index (χ0) is 23.4. The molecule has 0 aromatic rings. The van der Waals surface area contributed by atoms with Gasteiger partial charge in [0.1, 0.15) is 0 Å². The fourth-order valence-electron chi connectivity index (χ4n) is 4.25. The number of hydrogen-bond acceptors (Lipinski definition) is 3. The molecular weight excluding hydrogens is 396 g/mol. The van der Waals surface area contributed by atoms with Crippen molar-refractivity contribution in [2.24, 2.45) is 0 Å². The SMILES string of the molecule is C\C=C/C=C\C=C(/C)C1=CC2(CCNCC2)OC/C(=C\C(=C/CC)C(=O)N(CC)CC)C1. The Kier molecular flexibility index (Phi) is 10.9. The maximum atomic E-state index is 13.1. The van der Waals surface area contributed by atoms with E-state index in [0.29, 0.717) is 6.61 Å². The van der Waals surface area contributed by atoms with Gasteiger partial charge in [-0.25, -0.2) is 0 Å². The highest BCUT2D eigenvalue weighted by Gasteiger charge is 2.33. The van der Waals surface area contributed by atoms with Gasteiger partial charge in [0, 0.05) is 18.7 Å². The Morgan fingerprint density at radius 2 is 1.88 bits per heavy atom. The van der Waals surface area contributed by atoms with Gasteiger partial charge in [-0.05, 0) is 95.3 Å². The maximum absolute atomic E-state index is 13.1. The fraction of sp³-hybridized carbons (Fsp3) is 0.536. The van der Waals surface area contributed by atoms with Crippen molar-refractivity contribution in [1.82, 2.24) is 10.2 Å². The molecule has 1 fully saturated rings. The lowest BCUT2D eigenvalue weighted by Crippen LogP contribution is -2.42. The first-order valence-corrected chi connectivity index (χ1v) is 12.2. The average Bonchev–Trinajstić information content (AvgIpc) is 2.97. The largest absolute Gasteiger partial charge is 0.366 e. The van der Waals surface area contributed by atoms with Gasteiger partial charge in [-0.1, -0.05) is 43.4 Å². The lowest BCUT2D eigenvalue weighted by molar-refractivity contribution is -0.126. The van der Waals surface area contributed by atoms with Crippen molar-refractivity contribution >= 4 is 5.91 Å². The zero-order valence-corrected chi connectivity index (χ0v) is 20.7. The van der Waals surface area contributed by atoms with Crippen LogP contribution in [0.2, 0.25) is 0 Å². The summed E-state index contributed by atoms with van der Waals surface area (Å²) in [6, 6.07) is 0. The van der Waals surface area contributed by atoms with E-state index in [1.807, 2.05) is 43.9 Å². The highest BCUT2D eigenvalue weighted by molar-refractivity contribution is 5.96. The standard InChI is InChI=1S/C28H42N2O2/c1-6-10-11-12-14-23(5)26-20-24(22-32-28(21-26)15-17-29-18-16-28)19-25(13-7-2)27(31)30(8-3)9-4/h6,10-14,19,21,29H,7-9,15-18,20,22H2,1-5H3/b10-6-,12-11-,23-14+,24-19-,25-13+. The quantitative estimate of drug-likeness (QED) is 0.392. The van der Waals surface area contributed by atoms with Crippen LogP contribution in [0.25, 0.3) is 0 Å². The van der Waals surface area contributed by atoms with E-state index >= 15 is 0 Å². The number of nitrogens with one attached hydrogen (secondary N) is 1. The molecule has 0 atom stereocenters. The van der Waals surface area contributed by atoms with Gasteiger partial charge in [-0.3, -0.25) is 4.79 Å². The van der Waals surface area contributed by atoms with E-state index in [1.165, 1.54) is 11.1 Å². The normalized spacial score (nSPS) is 21.4. The van der Waals surface area contributed by atoms with Gasteiger partial charge < -0.3 is 15.0 Å². The summed E-state index contributed by atoms with van der Waals surface area (Å²) in [7, 11) is 0. The Hall–Kier alpha value is -2.17. The van der Waals surface area contributed by atoms with Crippen LogP contribution in [0.5, 0.6) is 0 Å².